The molecule has 1 aliphatic carbocycles. The molecule has 3 rings (SSSR count). The molecule has 0 bridgehead atoms. The van der Waals surface area contributed by atoms with Crippen LogP contribution in [0.3, 0.4) is 0 Å². The van der Waals surface area contributed by atoms with E-state index in [9.17, 15) is 8.42 Å². The number of halogens is 1. The summed E-state index contributed by atoms with van der Waals surface area (Å²) >= 11 is 6.20. The maximum absolute atomic E-state index is 12.7. The fraction of sp³-hybridized carbons (Fsp3) is 0.158. The SMILES string of the molecule is COC1=CC(NS(=O)(=O)c2ccc(-c3ccc(C(=N)N)c(N)n3)cc2)C(Cl)C=C1. The monoisotopic (exact) mass is 433 g/mol. The highest BCUT2D eigenvalue weighted by molar-refractivity contribution is 7.89. The maximum atomic E-state index is 12.7. The molecule has 0 spiro atoms. The normalized spacial score (nSPS) is 18.9. The number of sulfonamides is 1. The highest BCUT2D eigenvalue weighted by Gasteiger charge is 2.25. The van der Waals surface area contributed by atoms with Gasteiger partial charge in [0.1, 0.15) is 17.4 Å². The van der Waals surface area contributed by atoms with Gasteiger partial charge in [0, 0.05) is 5.56 Å². The van der Waals surface area contributed by atoms with E-state index in [4.69, 9.17) is 33.2 Å². The van der Waals surface area contributed by atoms with Crippen LogP contribution in [0.4, 0.5) is 5.82 Å². The number of allylic oxidation sites excluding steroid dienone is 1. The highest BCUT2D eigenvalue weighted by atomic mass is 35.5. The Balaban J connectivity index is 1.82. The zero-order chi connectivity index (χ0) is 21.2. The summed E-state index contributed by atoms with van der Waals surface area (Å²) in [6.07, 6.45) is 4.97. The molecular weight excluding hydrogens is 414 g/mol. The fourth-order valence-electron chi connectivity index (χ4n) is 2.78. The first-order chi connectivity index (χ1) is 13.7. The Morgan fingerprint density at radius 3 is 2.52 bits per heavy atom. The van der Waals surface area contributed by atoms with Gasteiger partial charge in [-0.3, -0.25) is 5.41 Å². The van der Waals surface area contributed by atoms with Gasteiger partial charge in [0.25, 0.3) is 0 Å². The highest BCUT2D eigenvalue weighted by Crippen LogP contribution is 2.23. The predicted octanol–water partition coefficient (Wildman–Crippen LogP) is 1.97. The van der Waals surface area contributed by atoms with Gasteiger partial charge in [0.2, 0.25) is 10.0 Å². The van der Waals surface area contributed by atoms with E-state index < -0.39 is 21.4 Å². The maximum Gasteiger partial charge on any atom is 0.241 e. The van der Waals surface area contributed by atoms with Crippen molar-refractivity contribution in [3.05, 3.63) is 65.9 Å². The number of methoxy groups -OCH3 is 1. The van der Waals surface area contributed by atoms with Gasteiger partial charge in [0.15, 0.2) is 0 Å². The lowest BCUT2D eigenvalue weighted by Crippen LogP contribution is -2.40. The molecule has 1 aromatic carbocycles. The van der Waals surface area contributed by atoms with Crippen LogP contribution in [0.25, 0.3) is 11.3 Å². The number of nitrogens with zero attached hydrogens (tertiary/aromatic N) is 1. The minimum Gasteiger partial charge on any atom is -0.497 e. The van der Waals surface area contributed by atoms with E-state index in [1.807, 2.05) is 0 Å². The van der Waals surface area contributed by atoms with Crippen LogP contribution in [0.5, 0.6) is 0 Å². The quantitative estimate of drug-likeness (QED) is 0.311. The van der Waals surface area contributed by atoms with E-state index in [0.29, 0.717) is 22.6 Å². The number of nitrogen functional groups attached to an aromatic ring is 2. The van der Waals surface area contributed by atoms with E-state index in [-0.39, 0.29) is 16.5 Å². The Kier molecular flexibility index (Phi) is 5.92. The molecule has 1 heterocycles. The molecule has 29 heavy (non-hydrogen) atoms. The lowest BCUT2D eigenvalue weighted by Gasteiger charge is -2.22. The summed E-state index contributed by atoms with van der Waals surface area (Å²) in [5.41, 5.74) is 12.8. The third-order valence-corrected chi connectivity index (χ3v) is 6.23. The van der Waals surface area contributed by atoms with Crippen LogP contribution >= 0.6 is 11.6 Å². The second-order valence-electron chi connectivity index (χ2n) is 6.29. The zero-order valence-corrected chi connectivity index (χ0v) is 17.0. The Bertz CT molecular complexity index is 1100. The van der Waals surface area contributed by atoms with E-state index in [0.717, 1.165) is 0 Å². The molecule has 1 aliphatic rings. The van der Waals surface area contributed by atoms with Crippen molar-refractivity contribution in [3.63, 3.8) is 0 Å². The summed E-state index contributed by atoms with van der Waals surface area (Å²) in [6.45, 7) is 0. The standard InChI is InChI=1S/C19H20ClN5O3S/c1-28-12-4-8-15(20)17(10-12)25-29(26,27)13-5-2-11(3-6-13)16-9-7-14(18(21)22)19(23)24-16/h2-10,15,17,25H,1H3,(H3,21,22)(H2,23,24). The number of amidine groups is 1. The van der Waals surface area contributed by atoms with E-state index in [1.165, 1.54) is 19.2 Å². The molecule has 0 fully saturated rings. The minimum absolute atomic E-state index is 0.0837. The van der Waals surface area contributed by atoms with Gasteiger partial charge >= 0.3 is 0 Å². The molecule has 1 aromatic heterocycles. The van der Waals surface area contributed by atoms with Crippen molar-refractivity contribution in [3.8, 4) is 11.3 Å². The van der Waals surface area contributed by atoms with Crippen molar-refractivity contribution in [2.24, 2.45) is 5.73 Å². The van der Waals surface area contributed by atoms with E-state index in [2.05, 4.69) is 9.71 Å². The molecule has 0 radical (unpaired) electrons. The summed E-state index contributed by atoms with van der Waals surface area (Å²) in [7, 11) is -2.31. The van der Waals surface area contributed by atoms with Crippen molar-refractivity contribution in [2.45, 2.75) is 16.3 Å². The number of pyridine rings is 1. The lowest BCUT2D eigenvalue weighted by molar-refractivity contribution is 0.302. The third-order valence-electron chi connectivity index (χ3n) is 4.33. The molecule has 6 N–H and O–H groups in total. The molecular formula is C19H20ClN5O3S. The van der Waals surface area contributed by atoms with Gasteiger partial charge in [-0.15, -0.1) is 11.6 Å². The van der Waals surface area contributed by atoms with Gasteiger partial charge in [-0.25, -0.2) is 18.1 Å². The van der Waals surface area contributed by atoms with Crippen LogP contribution in [0, 0.1) is 5.41 Å². The van der Waals surface area contributed by atoms with Crippen LogP contribution in [0.1, 0.15) is 5.56 Å². The van der Waals surface area contributed by atoms with Gasteiger partial charge in [0.05, 0.1) is 34.7 Å². The van der Waals surface area contributed by atoms with Crippen LogP contribution in [-0.2, 0) is 14.8 Å². The molecule has 0 amide bonds. The number of anilines is 1. The van der Waals surface area contributed by atoms with Crippen molar-refractivity contribution >= 4 is 33.3 Å². The number of alkyl halides is 1. The zero-order valence-electron chi connectivity index (χ0n) is 15.5. The first-order valence-corrected chi connectivity index (χ1v) is 10.4. The van der Waals surface area contributed by atoms with Crippen LogP contribution in [-0.4, -0.2) is 37.8 Å². The number of nitrogens with one attached hydrogen (secondary N) is 2. The molecule has 2 aromatic rings. The number of benzene rings is 1. The topological polar surface area (TPSA) is 144 Å². The number of nitrogens with two attached hydrogens (primary N) is 2. The second-order valence-corrected chi connectivity index (χ2v) is 8.51. The second kappa shape index (κ2) is 8.24. The average molecular weight is 434 g/mol. The Hall–Kier alpha value is -2.88. The number of hydrogen-bond acceptors (Lipinski definition) is 6. The van der Waals surface area contributed by atoms with Crippen molar-refractivity contribution < 1.29 is 13.2 Å². The molecule has 10 heteroatoms. The summed E-state index contributed by atoms with van der Waals surface area (Å²) in [5, 5.41) is 6.92. The van der Waals surface area contributed by atoms with Gasteiger partial charge in [-0.1, -0.05) is 18.2 Å². The van der Waals surface area contributed by atoms with Crippen LogP contribution < -0.4 is 16.2 Å². The number of aromatic nitrogens is 1. The number of hydrogen-bond donors (Lipinski definition) is 4. The van der Waals surface area contributed by atoms with Gasteiger partial charge in [-0.2, -0.15) is 0 Å². The average Bonchev–Trinajstić information content (AvgIpc) is 2.69. The first-order valence-electron chi connectivity index (χ1n) is 8.53. The smallest absolute Gasteiger partial charge is 0.241 e. The van der Waals surface area contributed by atoms with Crippen LogP contribution in [0.15, 0.2) is 65.3 Å². The molecule has 2 unspecified atom stereocenters. The Morgan fingerprint density at radius 2 is 1.93 bits per heavy atom. The molecule has 0 aliphatic heterocycles. The van der Waals surface area contributed by atoms with E-state index >= 15 is 0 Å². The molecule has 152 valence electrons. The molecule has 0 saturated heterocycles. The van der Waals surface area contributed by atoms with Crippen LogP contribution in [0.2, 0.25) is 0 Å². The van der Waals surface area contributed by atoms with E-state index in [1.54, 1.807) is 42.5 Å². The van der Waals surface area contributed by atoms with Crippen molar-refractivity contribution in [1.29, 1.82) is 5.41 Å². The molecule has 0 saturated carbocycles. The summed E-state index contributed by atoms with van der Waals surface area (Å²) < 4.78 is 33.2. The fourth-order valence-corrected chi connectivity index (χ4v) is 4.27. The van der Waals surface area contributed by atoms with Gasteiger partial charge < -0.3 is 16.2 Å². The summed E-state index contributed by atoms with van der Waals surface area (Å²) in [5.74, 6) is 0.491. The Morgan fingerprint density at radius 1 is 1.24 bits per heavy atom. The summed E-state index contributed by atoms with van der Waals surface area (Å²) in [6, 6.07) is 8.82. The molecule has 8 nitrogen and oxygen atoms in total. The molecule has 2 atom stereocenters. The predicted molar refractivity (Wildman–Crippen MR) is 113 cm³/mol. The third kappa shape index (κ3) is 4.58. The largest absolute Gasteiger partial charge is 0.497 e. The number of ether oxygens (including phenoxy) is 1. The Labute approximate surface area is 173 Å². The minimum atomic E-state index is -3.81. The van der Waals surface area contributed by atoms with Crippen molar-refractivity contribution in [1.82, 2.24) is 9.71 Å². The van der Waals surface area contributed by atoms with Gasteiger partial charge in [-0.05, 0) is 36.4 Å². The number of rotatable bonds is 6. The summed E-state index contributed by atoms with van der Waals surface area (Å²) in [4.78, 5) is 4.31. The lowest BCUT2D eigenvalue weighted by atomic mass is 10.1. The van der Waals surface area contributed by atoms with Crippen molar-refractivity contribution in [2.75, 3.05) is 12.8 Å². The first kappa shape index (κ1) is 20.8.